The SMILES string of the molecule is O=C(NCCCNC(=O)C1CCN(c2ccc(Cl)c(Cl)c2)C1=O)c1cccs1. The highest BCUT2D eigenvalue weighted by Gasteiger charge is 2.37. The number of rotatable bonds is 7. The molecule has 6 nitrogen and oxygen atoms in total. The first kappa shape index (κ1) is 20.6. The summed E-state index contributed by atoms with van der Waals surface area (Å²) in [5, 5.41) is 8.19. The molecule has 9 heteroatoms. The molecule has 1 atom stereocenters. The molecule has 1 aromatic carbocycles. The van der Waals surface area contributed by atoms with Crippen LogP contribution in [-0.4, -0.2) is 37.4 Å². The molecular weight excluding hydrogens is 421 g/mol. The zero-order valence-electron chi connectivity index (χ0n) is 14.9. The second-order valence-corrected chi connectivity index (χ2v) is 8.07. The minimum absolute atomic E-state index is 0.121. The quantitative estimate of drug-likeness (QED) is 0.512. The number of benzene rings is 1. The fourth-order valence-electron chi connectivity index (χ4n) is 2.95. The predicted octanol–water partition coefficient (Wildman–Crippen LogP) is 3.34. The van der Waals surface area contributed by atoms with Crippen molar-refractivity contribution in [2.75, 3.05) is 24.5 Å². The summed E-state index contributed by atoms with van der Waals surface area (Å²) in [6, 6.07) is 8.54. The minimum Gasteiger partial charge on any atom is -0.355 e. The molecule has 1 aliphatic rings. The van der Waals surface area contributed by atoms with Gasteiger partial charge in [0, 0.05) is 25.3 Å². The summed E-state index contributed by atoms with van der Waals surface area (Å²) in [4.78, 5) is 39.0. The van der Waals surface area contributed by atoms with E-state index in [2.05, 4.69) is 10.6 Å². The van der Waals surface area contributed by atoms with Gasteiger partial charge in [0.05, 0.1) is 14.9 Å². The number of nitrogens with zero attached hydrogens (tertiary/aromatic N) is 1. The molecule has 28 heavy (non-hydrogen) atoms. The Morgan fingerprint density at radius 1 is 1.14 bits per heavy atom. The lowest BCUT2D eigenvalue weighted by molar-refractivity contribution is -0.132. The highest BCUT2D eigenvalue weighted by atomic mass is 35.5. The number of hydrogen-bond donors (Lipinski definition) is 2. The predicted molar refractivity (Wildman–Crippen MR) is 111 cm³/mol. The summed E-state index contributed by atoms with van der Waals surface area (Å²) >= 11 is 13.3. The third-order valence-electron chi connectivity index (χ3n) is 4.42. The summed E-state index contributed by atoms with van der Waals surface area (Å²) in [5.74, 6) is -1.38. The van der Waals surface area contributed by atoms with Crippen LogP contribution in [0.25, 0.3) is 0 Å². The van der Waals surface area contributed by atoms with Gasteiger partial charge >= 0.3 is 0 Å². The van der Waals surface area contributed by atoms with Crippen LogP contribution in [0.15, 0.2) is 35.7 Å². The zero-order chi connectivity index (χ0) is 20.1. The largest absolute Gasteiger partial charge is 0.355 e. The average Bonchev–Trinajstić information content (AvgIpc) is 3.33. The molecule has 1 fully saturated rings. The summed E-state index contributed by atoms with van der Waals surface area (Å²) in [6.07, 6.45) is 1.03. The molecule has 3 rings (SSSR count). The Morgan fingerprint density at radius 2 is 1.93 bits per heavy atom. The maximum atomic E-state index is 12.6. The number of carbonyl (C=O) groups excluding carboxylic acids is 3. The van der Waals surface area contributed by atoms with Crippen molar-refractivity contribution in [3.63, 3.8) is 0 Å². The first-order valence-corrected chi connectivity index (χ1v) is 10.5. The normalized spacial score (nSPS) is 16.3. The first-order chi connectivity index (χ1) is 13.5. The molecule has 0 aliphatic carbocycles. The van der Waals surface area contributed by atoms with Crippen LogP contribution in [0, 0.1) is 5.92 Å². The van der Waals surface area contributed by atoms with Crippen LogP contribution in [0.4, 0.5) is 5.69 Å². The lowest BCUT2D eigenvalue weighted by atomic mass is 10.1. The molecular formula is C19H19Cl2N3O3S. The summed E-state index contributed by atoms with van der Waals surface area (Å²) < 4.78 is 0. The Labute approximate surface area is 176 Å². The summed E-state index contributed by atoms with van der Waals surface area (Å²) in [6.45, 7) is 1.29. The summed E-state index contributed by atoms with van der Waals surface area (Å²) in [7, 11) is 0. The van der Waals surface area contributed by atoms with Crippen LogP contribution in [0.2, 0.25) is 10.0 Å². The van der Waals surface area contributed by atoms with E-state index in [9.17, 15) is 14.4 Å². The van der Waals surface area contributed by atoms with Crippen LogP contribution < -0.4 is 15.5 Å². The van der Waals surface area contributed by atoms with Gasteiger partial charge in [-0.05, 0) is 42.5 Å². The van der Waals surface area contributed by atoms with Crippen molar-refractivity contribution in [3.8, 4) is 0 Å². The van der Waals surface area contributed by atoms with Gasteiger partial charge in [-0.15, -0.1) is 11.3 Å². The topological polar surface area (TPSA) is 78.5 Å². The van der Waals surface area contributed by atoms with Crippen molar-refractivity contribution < 1.29 is 14.4 Å². The molecule has 1 aromatic heterocycles. The fourth-order valence-corrected chi connectivity index (χ4v) is 3.88. The second kappa shape index (κ2) is 9.41. The molecule has 148 valence electrons. The summed E-state index contributed by atoms with van der Waals surface area (Å²) in [5.41, 5.74) is 0.631. The van der Waals surface area contributed by atoms with E-state index < -0.39 is 5.92 Å². The second-order valence-electron chi connectivity index (χ2n) is 6.31. The van der Waals surface area contributed by atoms with Gasteiger partial charge in [-0.25, -0.2) is 0 Å². The van der Waals surface area contributed by atoms with Crippen molar-refractivity contribution in [3.05, 3.63) is 50.6 Å². The Kier molecular flexibility index (Phi) is 6.93. The van der Waals surface area contributed by atoms with Gasteiger partial charge in [-0.3, -0.25) is 14.4 Å². The minimum atomic E-state index is -0.713. The monoisotopic (exact) mass is 439 g/mol. The number of carbonyl (C=O) groups is 3. The molecule has 2 heterocycles. The van der Waals surface area contributed by atoms with Gasteiger partial charge in [-0.2, -0.15) is 0 Å². The van der Waals surface area contributed by atoms with E-state index in [1.54, 1.807) is 29.2 Å². The highest BCUT2D eigenvalue weighted by Crippen LogP contribution is 2.31. The van der Waals surface area contributed by atoms with E-state index in [4.69, 9.17) is 23.2 Å². The number of thiophene rings is 1. The average molecular weight is 440 g/mol. The van der Waals surface area contributed by atoms with Crippen LogP contribution in [0.1, 0.15) is 22.5 Å². The van der Waals surface area contributed by atoms with Gasteiger partial charge in [0.1, 0.15) is 5.92 Å². The Bertz CT molecular complexity index is 873. The molecule has 0 bridgehead atoms. The number of halogens is 2. The van der Waals surface area contributed by atoms with E-state index in [0.29, 0.717) is 53.1 Å². The maximum absolute atomic E-state index is 12.6. The molecule has 1 saturated heterocycles. The van der Waals surface area contributed by atoms with Crippen molar-refractivity contribution in [2.45, 2.75) is 12.8 Å². The number of hydrogen-bond acceptors (Lipinski definition) is 4. The van der Waals surface area contributed by atoms with Crippen LogP contribution in [0.3, 0.4) is 0 Å². The Morgan fingerprint density at radius 3 is 2.64 bits per heavy atom. The van der Waals surface area contributed by atoms with Gasteiger partial charge in [-0.1, -0.05) is 29.3 Å². The van der Waals surface area contributed by atoms with E-state index in [-0.39, 0.29) is 17.7 Å². The van der Waals surface area contributed by atoms with E-state index in [1.807, 2.05) is 11.4 Å². The fraction of sp³-hybridized carbons (Fsp3) is 0.316. The molecule has 1 aliphatic heterocycles. The number of anilines is 1. The maximum Gasteiger partial charge on any atom is 0.261 e. The van der Waals surface area contributed by atoms with Crippen molar-refractivity contribution in [2.24, 2.45) is 5.92 Å². The van der Waals surface area contributed by atoms with E-state index >= 15 is 0 Å². The molecule has 2 N–H and O–H groups in total. The van der Waals surface area contributed by atoms with Gasteiger partial charge in [0.25, 0.3) is 5.91 Å². The molecule has 3 amide bonds. The van der Waals surface area contributed by atoms with Crippen molar-refractivity contribution in [1.82, 2.24) is 10.6 Å². The van der Waals surface area contributed by atoms with Crippen molar-refractivity contribution in [1.29, 1.82) is 0 Å². The van der Waals surface area contributed by atoms with Gasteiger partial charge in [0.2, 0.25) is 11.8 Å². The van der Waals surface area contributed by atoms with Gasteiger partial charge in [0.15, 0.2) is 0 Å². The Balaban J connectivity index is 1.43. The molecule has 0 radical (unpaired) electrons. The highest BCUT2D eigenvalue weighted by molar-refractivity contribution is 7.12. The standard InChI is InChI=1S/C19H19Cl2N3O3S/c20-14-5-4-12(11-15(14)21)24-9-6-13(19(24)27)17(25)22-7-2-8-23-18(26)16-3-1-10-28-16/h1,3-5,10-11,13H,2,6-9H2,(H,22,25)(H,23,26). The molecule has 2 aromatic rings. The lowest BCUT2D eigenvalue weighted by Crippen LogP contribution is -2.38. The first-order valence-electron chi connectivity index (χ1n) is 8.83. The van der Waals surface area contributed by atoms with Crippen molar-refractivity contribution >= 4 is 57.9 Å². The van der Waals surface area contributed by atoms with Gasteiger partial charge < -0.3 is 15.5 Å². The van der Waals surface area contributed by atoms with E-state index in [1.165, 1.54) is 11.3 Å². The number of nitrogens with one attached hydrogen (secondary N) is 2. The van der Waals surface area contributed by atoms with E-state index in [0.717, 1.165) is 0 Å². The molecule has 0 spiro atoms. The zero-order valence-corrected chi connectivity index (χ0v) is 17.2. The number of amides is 3. The third kappa shape index (κ3) is 4.84. The van der Waals surface area contributed by atoms with Crippen LogP contribution in [0.5, 0.6) is 0 Å². The van der Waals surface area contributed by atoms with Crippen LogP contribution in [-0.2, 0) is 9.59 Å². The Hall–Kier alpha value is -2.09. The third-order valence-corrected chi connectivity index (χ3v) is 6.03. The van der Waals surface area contributed by atoms with Crippen LogP contribution >= 0.6 is 34.5 Å². The smallest absolute Gasteiger partial charge is 0.261 e. The lowest BCUT2D eigenvalue weighted by Gasteiger charge is -2.17. The molecule has 0 saturated carbocycles. The molecule has 1 unspecified atom stereocenters.